The third-order valence-electron chi connectivity index (χ3n) is 4.01. The standard InChI is InChI=1S/C16H21N5O2/c1-13-7-5-6-10-20(13)16(22)11-21-18-15(17-19-21)12-23-14-8-3-2-4-9-14/h2-4,8-9,13H,5-7,10-12H2,1H3. The molecule has 3 rings (SSSR count). The van der Waals surface area contributed by atoms with E-state index >= 15 is 0 Å². The third kappa shape index (κ3) is 4.06. The fourth-order valence-electron chi connectivity index (χ4n) is 2.75. The fourth-order valence-corrected chi connectivity index (χ4v) is 2.75. The van der Waals surface area contributed by atoms with Crippen LogP contribution in [-0.2, 0) is 17.9 Å². The van der Waals surface area contributed by atoms with Crippen molar-refractivity contribution < 1.29 is 9.53 Å². The second-order valence-corrected chi connectivity index (χ2v) is 5.77. The van der Waals surface area contributed by atoms with Gasteiger partial charge in [-0.1, -0.05) is 18.2 Å². The normalized spacial score (nSPS) is 18.0. The molecule has 2 heterocycles. The highest BCUT2D eigenvalue weighted by atomic mass is 16.5. The number of nitrogens with zero attached hydrogens (tertiary/aromatic N) is 5. The van der Waals surface area contributed by atoms with E-state index in [1.165, 1.54) is 11.2 Å². The topological polar surface area (TPSA) is 73.1 Å². The first kappa shape index (κ1) is 15.5. The second-order valence-electron chi connectivity index (χ2n) is 5.77. The lowest BCUT2D eigenvalue weighted by atomic mass is 10.0. The van der Waals surface area contributed by atoms with Gasteiger partial charge in [0.2, 0.25) is 11.7 Å². The van der Waals surface area contributed by atoms with E-state index in [2.05, 4.69) is 22.3 Å². The van der Waals surface area contributed by atoms with Crippen molar-refractivity contribution in [3.8, 4) is 5.75 Å². The molecular weight excluding hydrogens is 294 g/mol. The zero-order valence-corrected chi connectivity index (χ0v) is 13.3. The summed E-state index contributed by atoms with van der Waals surface area (Å²) >= 11 is 0. The van der Waals surface area contributed by atoms with E-state index in [0.717, 1.165) is 25.1 Å². The number of benzene rings is 1. The molecule has 0 spiro atoms. The minimum atomic E-state index is 0.0464. The number of hydrogen-bond donors (Lipinski definition) is 0. The van der Waals surface area contributed by atoms with Crippen LogP contribution in [0.4, 0.5) is 0 Å². The number of aromatic nitrogens is 4. The maximum atomic E-state index is 12.3. The molecule has 1 aliphatic heterocycles. The minimum absolute atomic E-state index is 0.0464. The molecule has 1 aromatic carbocycles. The molecule has 23 heavy (non-hydrogen) atoms. The Hall–Kier alpha value is -2.44. The molecule has 1 amide bonds. The van der Waals surface area contributed by atoms with E-state index in [1.54, 1.807) is 0 Å². The summed E-state index contributed by atoms with van der Waals surface area (Å²) in [5.41, 5.74) is 0. The van der Waals surface area contributed by atoms with Crippen molar-refractivity contribution in [2.45, 2.75) is 45.4 Å². The van der Waals surface area contributed by atoms with Crippen LogP contribution in [0.1, 0.15) is 32.0 Å². The molecule has 2 aromatic rings. The van der Waals surface area contributed by atoms with Crippen LogP contribution >= 0.6 is 0 Å². The third-order valence-corrected chi connectivity index (χ3v) is 4.01. The molecule has 0 radical (unpaired) electrons. The Morgan fingerprint density at radius 2 is 2.13 bits per heavy atom. The minimum Gasteiger partial charge on any atom is -0.485 e. The van der Waals surface area contributed by atoms with Crippen molar-refractivity contribution in [2.75, 3.05) is 6.54 Å². The zero-order valence-electron chi connectivity index (χ0n) is 13.3. The first-order valence-corrected chi connectivity index (χ1v) is 7.96. The highest BCUT2D eigenvalue weighted by Crippen LogP contribution is 2.16. The van der Waals surface area contributed by atoms with Crippen molar-refractivity contribution >= 4 is 5.91 Å². The van der Waals surface area contributed by atoms with Crippen molar-refractivity contribution in [3.05, 3.63) is 36.2 Å². The van der Waals surface area contributed by atoms with Crippen LogP contribution in [0.2, 0.25) is 0 Å². The van der Waals surface area contributed by atoms with Gasteiger partial charge in [-0.2, -0.15) is 4.80 Å². The highest BCUT2D eigenvalue weighted by molar-refractivity contribution is 5.76. The summed E-state index contributed by atoms with van der Waals surface area (Å²) in [6.45, 7) is 3.27. The van der Waals surface area contributed by atoms with Crippen LogP contribution < -0.4 is 4.74 Å². The Morgan fingerprint density at radius 3 is 2.91 bits per heavy atom. The van der Waals surface area contributed by atoms with Gasteiger partial charge in [0.1, 0.15) is 12.3 Å². The number of hydrogen-bond acceptors (Lipinski definition) is 5. The molecule has 7 heteroatoms. The average Bonchev–Trinajstić information content (AvgIpc) is 3.02. The summed E-state index contributed by atoms with van der Waals surface area (Å²) in [4.78, 5) is 15.6. The number of carbonyl (C=O) groups excluding carboxylic acids is 1. The number of ether oxygens (including phenoxy) is 1. The van der Waals surface area contributed by atoms with Gasteiger partial charge >= 0.3 is 0 Å². The molecule has 1 aromatic heterocycles. The summed E-state index contributed by atoms with van der Waals surface area (Å²) in [5, 5.41) is 12.1. The quantitative estimate of drug-likeness (QED) is 0.839. The first-order chi connectivity index (χ1) is 11.2. The van der Waals surface area contributed by atoms with Crippen LogP contribution in [-0.4, -0.2) is 43.6 Å². The molecule has 1 atom stereocenters. The lowest BCUT2D eigenvalue weighted by molar-refractivity contribution is -0.135. The summed E-state index contributed by atoms with van der Waals surface area (Å²) in [7, 11) is 0. The van der Waals surface area contributed by atoms with Crippen LogP contribution in [0.25, 0.3) is 0 Å². The van der Waals surface area contributed by atoms with Crippen molar-refractivity contribution in [3.63, 3.8) is 0 Å². The van der Waals surface area contributed by atoms with Crippen LogP contribution in [0.3, 0.4) is 0 Å². The summed E-state index contributed by atoms with van der Waals surface area (Å²) in [5.74, 6) is 1.26. The van der Waals surface area contributed by atoms with Gasteiger partial charge in [0.15, 0.2) is 6.61 Å². The fraction of sp³-hybridized carbons (Fsp3) is 0.500. The van der Waals surface area contributed by atoms with Crippen LogP contribution in [0.5, 0.6) is 5.75 Å². The first-order valence-electron chi connectivity index (χ1n) is 7.96. The van der Waals surface area contributed by atoms with Crippen molar-refractivity contribution in [2.24, 2.45) is 0 Å². The van der Waals surface area contributed by atoms with Gasteiger partial charge in [-0.3, -0.25) is 4.79 Å². The van der Waals surface area contributed by atoms with Gasteiger partial charge in [0.05, 0.1) is 0 Å². The Morgan fingerprint density at radius 1 is 1.30 bits per heavy atom. The number of para-hydroxylation sites is 1. The van der Waals surface area contributed by atoms with Crippen LogP contribution in [0.15, 0.2) is 30.3 Å². The molecule has 1 aliphatic rings. The largest absolute Gasteiger partial charge is 0.485 e. The number of rotatable bonds is 5. The molecule has 122 valence electrons. The summed E-state index contributed by atoms with van der Waals surface area (Å²) < 4.78 is 5.57. The molecular formula is C16H21N5O2. The zero-order chi connectivity index (χ0) is 16.1. The Kier molecular flexibility index (Phi) is 4.85. The molecule has 0 aliphatic carbocycles. The maximum Gasteiger partial charge on any atom is 0.246 e. The van der Waals surface area contributed by atoms with E-state index in [-0.39, 0.29) is 19.1 Å². The second kappa shape index (κ2) is 7.21. The van der Waals surface area contributed by atoms with E-state index < -0.39 is 0 Å². The van der Waals surface area contributed by atoms with Gasteiger partial charge in [0, 0.05) is 12.6 Å². The van der Waals surface area contributed by atoms with Gasteiger partial charge in [-0.25, -0.2) is 0 Å². The van der Waals surface area contributed by atoms with Crippen molar-refractivity contribution in [1.82, 2.24) is 25.1 Å². The monoisotopic (exact) mass is 315 g/mol. The van der Waals surface area contributed by atoms with Crippen LogP contribution in [0, 0.1) is 0 Å². The molecule has 1 saturated heterocycles. The molecule has 0 bridgehead atoms. The lowest BCUT2D eigenvalue weighted by Crippen LogP contribution is -2.43. The van der Waals surface area contributed by atoms with Gasteiger partial charge < -0.3 is 9.64 Å². The molecule has 7 nitrogen and oxygen atoms in total. The molecule has 1 fully saturated rings. The molecule has 0 N–H and O–H groups in total. The Balaban J connectivity index is 1.53. The molecule has 1 unspecified atom stereocenters. The number of piperidine rings is 1. The predicted molar refractivity (Wildman–Crippen MR) is 83.6 cm³/mol. The van der Waals surface area contributed by atoms with Gasteiger partial charge in [0.25, 0.3) is 0 Å². The van der Waals surface area contributed by atoms with E-state index in [1.807, 2.05) is 35.2 Å². The maximum absolute atomic E-state index is 12.3. The van der Waals surface area contributed by atoms with E-state index in [9.17, 15) is 4.79 Å². The summed E-state index contributed by atoms with van der Waals surface area (Å²) in [6.07, 6.45) is 3.32. The van der Waals surface area contributed by atoms with Crippen molar-refractivity contribution in [1.29, 1.82) is 0 Å². The number of tetrazole rings is 1. The highest BCUT2D eigenvalue weighted by Gasteiger charge is 2.23. The van der Waals surface area contributed by atoms with Gasteiger partial charge in [-0.15, -0.1) is 10.2 Å². The van der Waals surface area contributed by atoms with Gasteiger partial charge in [-0.05, 0) is 43.5 Å². The SMILES string of the molecule is CC1CCCCN1C(=O)Cn1nnc(COc2ccccc2)n1. The number of likely N-dealkylation sites (tertiary alicyclic amines) is 1. The van der Waals surface area contributed by atoms with E-state index in [0.29, 0.717) is 11.9 Å². The smallest absolute Gasteiger partial charge is 0.246 e. The summed E-state index contributed by atoms with van der Waals surface area (Å²) in [6, 6.07) is 9.75. The average molecular weight is 315 g/mol. The molecule has 0 saturated carbocycles. The number of amides is 1. The Labute approximate surface area is 135 Å². The Bertz CT molecular complexity index is 643. The van der Waals surface area contributed by atoms with E-state index in [4.69, 9.17) is 4.74 Å². The lowest BCUT2D eigenvalue weighted by Gasteiger charge is -2.33. The predicted octanol–water partition coefficient (Wildman–Crippen LogP) is 1.65. The number of carbonyl (C=O) groups is 1.